The van der Waals surface area contributed by atoms with E-state index in [-0.39, 0.29) is 36.3 Å². The Morgan fingerprint density at radius 1 is 1.08 bits per heavy atom. The van der Waals surface area contributed by atoms with Gasteiger partial charge in [0.1, 0.15) is 6.04 Å². The highest BCUT2D eigenvalue weighted by molar-refractivity contribution is 5.97. The van der Waals surface area contributed by atoms with Crippen LogP contribution in [0.5, 0.6) is 0 Å². The van der Waals surface area contributed by atoms with Crippen molar-refractivity contribution in [3.8, 4) is 0 Å². The van der Waals surface area contributed by atoms with Gasteiger partial charge < -0.3 is 15.5 Å². The number of benzene rings is 1. The monoisotopic (exact) mass is 365 g/mol. The molecule has 6 heteroatoms. The number of halogens is 1. The van der Waals surface area contributed by atoms with Crippen molar-refractivity contribution >= 4 is 24.2 Å². The van der Waals surface area contributed by atoms with Crippen molar-refractivity contribution in [2.75, 3.05) is 19.6 Å². The number of nitrogens with two attached hydrogens (primary N) is 1. The minimum atomic E-state index is -0.301. The van der Waals surface area contributed by atoms with Crippen molar-refractivity contribution in [2.45, 2.75) is 44.7 Å². The van der Waals surface area contributed by atoms with Gasteiger partial charge in [-0.25, -0.2) is 0 Å². The molecular weight excluding hydrogens is 338 g/mol. The molecule has 0 spiro atoms. The zero-order valence-corrected chi connectivity index (χ0v) is 15.6. The molecule has 1 aromatic carbocycles. The molecular formula is C19H28ClN3O2. The number of piperidine rings is 1. The molecule has 5 nitrogen and oxygen atoms in total. The molecule has 2 N–H and O–H groups in total. The molecule has 0 bridgehead atoms. The molecule has 2 aliphatic heterocycles. The molecule has 2 unspecified atom stereocenters. The first-order valence-electron chi connectivity index (χ1n) is 8.98. The lowest BCUT2D eigenvalue weighted by molar-refractivity contribution is -0.136. The van der Waals surface area contributed by atoms with Crippen molar-refractivity contribution in [1.82, 2.24) is 9.80 Å². The van der Waals surface area contributed by atoms with Gasteiger partial charge in [-0.1, -0.05) is 18.2 Å². The first-order chi connectivity index (χ1) is 11.6. The first kappa shape index (κ1) is 19.7. The molecule has 2 heterocycles. The summed E-state index contributed by atoms with van der Waals surface area (Å²) in [5, 5.41) is 0. The second kappa shape index (κ2) is 8.68. The number of hydrogen-bond donors (Lipinski definition) is 1. The van der Waals surface area contributed by atoms with Crippen molar-refractivity contribution in [1.29, 1.82) is 0 Å². The van der Waals surface area contributed by atoms with Crippen LogP contribution in [0.3, 0.4) is 0 Å². The number of likely N-dealkylation sites (tertiary alicyclic amines) is 2. The van der Waals surface area contributed by atoms with E-state index in [1.165, 1.54) is 0 Å². The van der Waals surface area contributed by atoms with Crippen LogP contribution in [0.4, 0.5) is 0 Å². The minimum Gasteiger partial charge on any atom is -0.341 e. The lowest BCUT2D eigenvalue weighted by atomic mass is 9.90. The maximum atomic E-state index is 12.9. The summed E-state index contributed by atoms with van der Waals surface area (Å²) in [5.41, 5.74) is 6.64. The van der Waals surface area contributed by atoms with E-state index in [1.54, 1.807) is 4.90 Å². The number of carbonyl (C=O) groups is 2. The van der Waals surface area contributed by atoms with Crippen molar-refractivity contribution in [3.63, 3.8) is 0 Å². The number of rotatable bonds is 3. The lowest BCUT2D eigenvalue weighted by Gasteiger charge is -2.36. The van der Waals surface area contributed by atoms with Gasteiger partial charge in [0.2, 0.25) is 5.91 Å². The fraction of sp³-hybridized carbons (Fsp3) is 0.579. The molecule has 0 aromatic heterocycles. The zero-order chi connectivity index (χ0) is 17.1. The van der Waals surface area contributed by atoms with E-state index < -0.39 is 0 Å². The highest BCUT2D eigenvalue weighted by Crippen LogP contribution is 2.25. The molecule has 138 valence electrons. The number of amides is 2. The van der Waals surface area contributed by atoms with Crippen molar-refractivity contribution in [2.24, 2.45) is 11.7 Å². The second-order valence-corrected chi connectivity index (χ2v) is 7.04. The van der Waals surface area contributed by atoms with Gasteiger partial charge in [-0.3, -0.25) is 9.59 Å². The Hall–Kier alpha value is -1.59. The third-order valence-corrected chi connectivity index (χ3v) is 5.41. The molecule has 2 amide bonds. The largest absolute Gasteiger partial charge is 0.341 e. The van der Waals surface area contributed by atoms with Crippen LogP contribution in [0.25, 0.3) is 0 Å². The Labute approximate surface area is 155 Å². The third-order valence-electron chi connectivity index (χ3n) is 5.41. The predicted octanol–water partition coefficient (Wildman–Crippen LogP) is 2.30. The Balaban J connectivity index is 0.00000225. The van der Waals surface area contributed by atoms with Crippen molar-refractivity contribution in [3.05, 3.63) is 35.9 Å². The van der Waals surface area contributed by atoms with Gasteiger partial charge in [-0.05, 0) is 50.7 Å². The summed E-state index contributed by atoms with van der Waals surface area (Å²) in [5.74, 6) is 0.580. The van der Waals surface area contributed by atoms with Gasteiger partial charge in [0.25, 0.3) is 5.91 Å². The molecule has 1 aromatic rings. The van der Waals surface area contributed by atoms with Gasteiger partial charge in [0, 0.05) is 31.2 Å². The summed E-state index contributed by atoms with van der Waals surface area (Å²) in [6.45, 7) is 4.23. The summed E-state index contributed by atoms with van der Waals surface area (Å²) in [4.78, 5) is 29.3. The zero-order valence-electron chi connectivity index (χ0n) is 14.8. The number of hydrogen-bond acceptors (Lipinski definition) is 3. The standard InChI is InChI=1S/C19H27N3O2.ClH/c1-14(20)15-9-12-21(13-10-15)19(24)17-8-5-11-22(17)18(23)16-6-3-2-4-7-16;/h2-4,6-7,14-15,17H,5,8-13,20H2,1H3;1H. The Morgan fingerprint density at radius 3 is 2.32 bits per heavy atom. The van der Waals surface area contributed by atoms with Gasteiger partial charge in [0.05, 0.1) is 0 Å². The van der Waals surface area contributed by atoms with Gasteiger partial charge in [0.15, 0.2) is 0 Å². The third kappa shape index (κ3) is 4.33. The fourth-order valence-electron chi connectivity index (χ4n) is 3.87. The summed E-state index contributed by atoms with van der Waals surface area (Å²) in [7, 11) is 0. The van der Waals surface area contributed by atoms with Crippen LogP contribution in [-0.2, 0) is 4.79 Å². The van der Waals surface area contributed by atoms with Crippen LogP contribution < -0.4 is 5.73 Å². The summed E-state index contributed by atoms with van der Waals surface area (Å²) in [6.07, 6.45) is 3.58. The minimum absolute atomic E-state index is 0. The van der Waals surface area contributed by atoms with E-state index in [0.717, 1.165) is 38.8 Å². The van der Waals surface area contributed by atoms with Crippen molar-refractivity contribution < 1.29 is 9.59 Å². The Bertz CT molecular complexity index is 586. The van der Waals surface area contributed by atoms with E-state index >= 15 is 0 Å². The molecule has 25 heavy (non-hydrogen) atoms. The van der Waals surface area contributed by atoms with Crippen LogP contribution >= 0.6 is 12.4 Å². The normalized spacial score (nSPS) is 22.4. The highest BCUT2D eigenvalue weighted by atomic mass is 35.5. The molecule has 2 aliphatic rings. The van der Waals surface area contributed by atoms with E-state index in [1.807, 2.05) is 42.2 Å². The molecule has 0 aliphatic carbocycles. The average molecular weight is 366 g/mol. The highest BCUT2D eigenvalue weighted by Gasteiger charge is 2.38. The predicted molar refractivity (Wildman–Crippen MR) is 101 cm³/mol. The van der Waals surface area contributed by atoms with Crippen LogP contribution in [0, 0.1) is 5.92 Å². The molecule has 0 saturated carbocycles. The first-order valence-corrected chi connectivity index (χ1v) is 8.98. The lowest BCUT2D eigenvalue weighted by Crippen LogP contribution is -2.51. The van der Waals surface area contributed by atoms with Gasteiger partial charge in [-0.15, -0.1) is 12.4 Å². The summed E-state index contributed by atoms with van der Waals surface area (Å²) in [6, 6.07) is 9.13. The maximum Gasteiger partial charge on any atom is 0.254 e. The SMILES string of the molecule is CC(N)C1CCN(C(=O)C2CCCN2C(=O)c2ccccc2)CC1.Cl. The Kier molecular flexibility index (Phi) is 6.85. The van der Waals surface area contributed by atoms with E-state index in [2.05, 4.69) is 0 Å². The quantitative estimate of drug-likeness (QED) is 0.893. The van der Waals surface area contributed by atoms with Gasteiger partial charge >= 0.3 is 0 Å². The average Bonchev–Trinajstić information content (AvgIpc) is 3.11. The second-order valence-electron chi connectivity index (χ2n) is 7.04. The number of carbonyl (C=O) groups excluding carboxylic acids is 2. The van der Waals surface area contributed by atoms with E-state index in [4.69, 9.17) is 5.73 Å². The molecule has 2 atom stereocenters. The van der Waals surface area contributed by atoms with Crippen LogP contribution in [-0.4, -0.2) is 53.3 Å². The fourth-order valence-corrected chi connectivity index (χ4v) is 3.87. The maximum absolute atomic E-state index is 12.9. The van der Waals surface area contributed by atoms with E-state index in [9.17, 15) is 9.59 Å². The molecule has 2 fully saturated rings. The van der Waals surface area contributed by atoms with Crippen LogP contribution in [0.15, 0.2) is 30.3 Å². The van der Waals surface area contributed by atoms with Crippen LogP contribution in [0.2, 0.25) is 0 Å². The summed E-state index contributed by atoms with van der Waals surface area (Å²) < 4.78 is 0. The number of nitrogens with zero attached hydrogens (tertiary/aromatic N) is 2. The Morgan fingerprint density at radius 2 is 1.72 bits per heavy atom. The molecule has 2 saturated heterocycles. The summed E-state index contributed by atoms with van der Waals surface area (Å²) >= 11 is 0. The molecule has 3 rings (SSSR count). The van der Waals surface area contributed by atoms with Gasteiger partial charge in [-0.2, -0.15) is 0 Å². The molecule has 0 radical (unpaired) electrons. The van der Waals surface area contributed by atoms with E-state index in [0.29, 0.717) is 18.0 Å². The topological polar surface area (TPSA) is 66.6 Å². The smallest absolute Gasteiger partial charge is 0.254 e. The van der Waals surface area contributed by atoms with Crippen LogP contribution in [0.1, 0.15) is 43.0 Å².